The van der Waals surface area contributed by atoms with Crippen LogP contribution in [0.3, 0.4) is 0 Å². The minimum atomic E-state index is 0.188. The molecule has 6 nitrogen and oxygen atoms in total. The number of likely N-dealkylation sites (tertiary alicyclic amines) is 1. The number of fused-ring (bicyclic) bond motifs is 2. The van der Waals surface area contributed by atoms with E-state index < -0.39 is 0 Å². The van der Waals surface area contributed by atoms with Crippen LogP contribution in [0.15, 0.2) is 24.4 Å². The first-order valence-electron chi connectivity index (χ1n) is 11.5. The lowest BCUT2D eigenvalue weighted by Gasteiger charge is -2.40. The van der Waals surface area contributed by atoms with Gasteiger partial charge in [-0.15, -0.1) is 0 Å². The van der Waals surface area contributed by atoms with Gasteiger partial charge in [0.1, 0.15) is 11.8 Å². The fourth-order valence-corrected chi connectivity index (χ4v) is 6.36. The number of ether oxygens (including phenoxy) is 1. The number of anilines is 1. The van der Waals surface area contributed by atoms with Crippen LogP contribution in [0.5, 0.6) is 0 Å². The number of pyridine rings is 1. The van der Waals surface area contributed by atoms with Crippen molar-refractivity contribution in [3.8, 4) is 6.07 Å². The molecule has 3 fully saturated rings. The molecule has 2 saturated heterocycles. The molecule has 0 spiro atoms. The van der Waals surface area contributed by atoms with Gasteiger partial charge in [0.05, 0.1) is 29.6 Å². The lowest BCUT2D eigenvalue weighted by molar-refractivity contribution is -0.0305. The van der Waals surface area contributed by atoms with Crippen molar-refractivity contribution in [3.05, 3.63) is 30.1 Å². The van der Waals surface area contributed by atoms with E-state index in [1.807, 2.05) is 12.1 Å². The molecule has 1 unspecified atom stereocenters. The number of hydrogen-bond acceptors (Lipinski definition) is 5. The summed E-state index contributed by atoms with van der Waals surface area (Å²) in [4.78, 5) is 5.09. The summed E-state index contributed by atoms with van der Waals surface area (Å²) >= 11 is 0. The maximum absolute atomic E-state index is 9.37. The Hall–Kier alpha value is -2.10. The number of morpholine rings is 1. The van der Waals surface area contributed by atoms with Gasteiger partial charge in [-0.05, 0) is 61.6 Å². The highest BCUT2D eigenvalue weighted by Gasteiger charge is 2.44. The Morgan fingerprint density at radius 3 is 2.83 bits per heavy atom. The van der Waals surface area contributed by atoms with E-state index in [-0.39, 0.29) is 12.2 Å². The zero-order valence-electron chi connectivity index (χ0n) is 18.4. The second-order valence-corrected chi connectivity index (χ2v) is 9.95. The van der Waals surface area contributed by atoms with E-state index in [0.29, 0.717) is 5.69 Å². The first kappa shape index (κ1) is 19.8. The van der Waals surface area contributed by atoms with Crippen molar-refractivity contribution in [2.75, 3.05) is 37.6 Å². The molecular weight excluding hydrogens is 374 g/mol. The summed E-state index contributed by atoms with van der Waals surface area (Å²) in [6, 6.07) is 8.17. The van der Waals surface area contributed by atoms with Crippen LogP contribution in [0.1, 0.15) is 39.3 Å². The molecule has 2 aliphatic heterocycles. The lowest BCUT2D eigenvalue weighted by Crippen LogP contribution is -2.50. The normalized spacial score (nSPS) is 32.1. The first-order chi connectivity index (χ1) is 14.5. The van der Waals surface area contributed by atoms with Gasteiger partial charge in [0, 0.05) is 32.7 Å². The Labute approximate surface area is 179 Å². The van der Waals surface area contributed by atoms with Crippen molar-refractivity contribution < 1.29 is 4.74 Å². The average Bonchev–Trinajstić information content (AvgIpc) is 3.41. The Bertz CT molecular complexity index is 947. The summed E-state index contributed by atoms with van der Waals surface area (Å²) in [7, 11) is 0. The summed E-state index contributed by atoms with van der Waals surface area (Å²) < 4.78 is 8.12. The Balaban J connectivity index is 1.30. The zero-order chi connectivity index (χ0) is 20.8. The molecule has 5 rings (SSSR count). The molecule has 4 heterocycles. The molecule has 0 N–H and O–H groups in total. The molecule has 2 aromatic rings. The predicted octanol–water partition coefficient (Wildman–Crippen LogP) is 3.41. The van der Waals surface area contributed by atoms with Crippen molar-refractivity contribution in [1.82, 2.24) is 14.5 Å². The largest absolute Gasteiger partial charge is 0.370 e. The quantitative estimate of drug-likeness (QED) is 0.777. The van der Waals surface area contributed by atoms with E-state index >= 15 is 0 Å². The van der Waals surface area contributed by atoms with Gasteiger partial charge in [-0.25, -0.2) is 4.52 Å². The molecule has 160 valence electrons. The van der Waals surface area contributed by atoms with Crippen molar-refractivity contribution >= 4 is 11.2 Å². The lowest BCUT2D eigenvalue weighted by atomic mass is 9.84. The van der Waals surface area contributed by atoms with Crippen LogP contribution in [0.2, 0.25) is 0 Å². The highest BCUT2D eigenvalue weighted by Crippen LogP contribution is 2.45. The average molecular weight is 408 g/mol. The summed E-state index contributed by atoms with van der Waals surface area (Å²) in [5, 5.41) is 13.7. The van der Waals surface area contributed by atoms with Crippen LogP contribution in [-0.2, 0) is 4.74 Å². The Morgan fingerprint density at radius 2 is 2.03 bits per heavy atom. The molecule has 1 saturated carbocycles. The van der Waals surface area contributed by atoms with Gasteiger partial charge >= 0.3 is 0 Å². The van der Waals surface area contributed by atoms with Crippen LogP contribution in [0, 0.1) is 35.0 Å². The Kier molecular flexibility index (Phi) is 5.20. The molecule has 0 bridgehead atoms. The third-order valence-corrected chi connectivity index (χ3v) is 7.62. The molecule has 3 aliphatic rings. The van der Waals surface area contributed by atoms with Gasteiger partial charge in [0.15, 0.2) is 0 Å². The van der Waals surface area contributed by atoms with E-state index in [1.165, 1.54) is 25.9 Å². The van der Waals surface area contributed by atoms with Gasteiger partial charge in [-0.3, -0.25) is 0 Å². The van der Waals surface area contributed by atoms with Crippen LogP contribution < -0.4 is 4.90 Å². The SMILES string of the molecule is CC(C)C1CC[C@@H]2CN(C[C@H]3CN(c4ccc(C#N)n5nccc45)C[C@@H](C)O3)C[C@H]12. The maximum atomic E-state index is 9.37. The molecule has 6 heteroatoms. The number of rotatable bonds is 4. The van der Waals surface area contributed by atoms with Crippen LogP contribution in [0.4, 0.5) is 5.69 Å². The first-order valence-corrected chi connectivity index (χ1v) is 11.5. The minimum Gasteiger partial charge on any atom is -0.370 e. The number of hydrogen-bond donors (Lipinski definition) is 0. The monoisotopic (exact) mass is 407 g/mol. The minimum absolute atomic E-state index is 0.188. The van der Waals surface area contributed by atoms with E-state index in [4.69, 9.17) is 4.74 Å². The molecule has 0 radical (unpaired) electrons. The fourth-order valence-electron chi connectivity index (χ4n) is 6.36. The predicted molar refractivity (Wildman–Crippen MR) is 117 cm³/mol. The van der Waals surface area contributed by atoms with E-state index in [0.717, 1.165) is 54.5 Å². The number of nitrogens with zero attached hydrogens (tertiary/aromatic N) is 5. The van der Waals surface area contributed by atoms with Gasteiger partial charge < -0.3 is 14.5 Å². The number of nitriles is 1. The molecule has 2 aromatic heterocycles. The molecule has 1 aliphatic carbocycles. The van der Waals surface area contributed by atoms with Gasteiger partial charge in [0.2, 0.25) is 0 Å². The zero-order valence-corrected chi connectivity index (χ0v) is 18.4. The van der Waals surface area contributed by atoms with Crippen molar-refractivity contribution in [2.45, 2.75) is 45.8 Å². The summed E-state index contributed by atoms with van der Waals surface area (Å²) in [5.41, 5.74) is 2.71. The molecule has 0 amide bonds. The molecule has 30 heavy (non-hydrogen) atoms. The summed E-state index contributed by atoms with van der Waals surface area (Å²) in [6.45, 7) is 12.2. The third kappa shape index (κ3) is 3.48. The van der Waals surface area contributed by atoms with Crippen molar-refractivity contribution in [3.63, 3.8) is 0 Å². The highest BCUT2D eigenvalue weighted by molar-refractivity contribution is 5.74. The van der Waals surface area contributed by atoms with Crippen molar-refractivity contribution in [2.24, 2.45) is 23.7 Å². The van der Waals surface area contributed by atoms with Gasteiger partial charge in [0.25, 0.3) is 0 Å². The van der Waals surface area contributed by atoms with E-state index in [9.17, 15) is 5.26 Å². The highest BCUT2D eigenvalue weighted by atomic mass is 16.5. The second-order valence-electron chi connectivity index (χ2n) is 9.95. The van der Waals surface area contributed by atoms with Gasteiger partial charge in [-0.2, -0.15) is 10.4 Å². The third-order valence-electron chi connectivity index (χ3n) is 7.62. The maximum Gasteiger partial charge on any atom is 0.142 e. The molecular formula is C24H33N5O. The van der Waals surface area contributed by atoms with Gasteiger partial charge in [-0.1, -0.05) is 13.8 Å². The van der Waals surface area contributed by atoms with E-state index in [1.54, 1.807) is 10.7 Å². The number of aromatic nitrogens is 2. The van der Waals surface area contributed by atoms with Crippen LogP contribution in [-0.4, -0.2) is 59.4 Å². The smallest absolute Gasteiger partial charge is 0.142 e. The van der Waals surface area contributed by atoms with Crippen molar-refractivity contribution in [1.29, 1.82) is 5.26 Å². The summed E-state index contributed by atoms with van der Waals surface area (Å²) in [5.74, 6) is 3.47. The van der Waals surface area contributed by atoms with E-state index in [2.05, 4.69) is 47.8 Å². The second kappa shape index (κ2) is 7.86. The summed E-state index contributed by atoms with van der Waals surface area (Å²) in [6.07, 6.45) is 5.00. The standard InChI is InChI=1S/C24H33N5O/c1-16(2)21-6-4-18-12-27(15-22(18)21)13-20-14-28(11-17(3)30-20)23-7-5-19(10-25)29-24(23)8-9-26-29/h5,7-9,16-18,20-22H,4,6,11-15H2,1-3H3/t17-,18-,20+,21?,22+/m1/s1. The Morgan fingerprint density at radius 1 is 1.17 bits per heavy atom. The van der Waals surface area contributed by atoms with Crippen LogP contribution in [0.25, 0.3) is 5.52 Å². The fraction of sp³-hybridized carbons (Fsp3) is 0.667. The topological polar surface area (TPSA) is 56.8 Å². The van der Waals surface area contributed by atoms with Crippen LogP contribution >= 0.6 is 0 Å². The molecule has 5 atom stereocenters. The molecule has 0 aromatic carbocycles.